The molecule has 0 bridgehead atoms. The molecule has 1 heterocycles. The normalized spacial score (nSPS) is 10.5. The highest BCUT2D eigenvalue weighted by Gasteiger charge is 2.11. The second-order valence-corrected chi connectivity index (χ2v) is 5.41. The third kappa shape index (κ3) is 4.23. The van der Waals surface area contributed by atoms with Crippen molar-refractivity contribution in [1.82, 2.24) is 5.16 Å². The highest BCUT2D eigenvalue weighted by molar-refractivity contribution is 6.03. The van der Waals surface area contributed by atoms with E-state index in [9.17, 15) is 9.18 Å². The summed E-state index contributed by atoms with van der Waals surface area (Å²) in [4.78, 5) is 12.2. The first kappa shape index (κ1) is 16.7. The van der Waals surface area contributed by atoms with Gasteiger partial charge in [0.2, 0.25) is 5.88 Å². The van der Waals surface area contributed by atoms with Crippen LogP contribution in [-0.2, 0) is 0 Å². The van der Waals surface area contributed by atoms with Gasteiger partial charge in [0.25, 0.3) is 5.91 Å². The number of carbonyl (C=O) groups is 1. The molecule has 0 atom stereocenters. The van der Waals surface area contributed by atoms with Gasteiger partial charge in [0.15, 0.2) is 0 Å². The summed E-state index contributed by atoms with van der Waals surface area (Å²) in [6.45, 7) is 2.66. The lowest BCUT2D eigenvalue weighted by Crippen LogP contribution is -2.11. The van der Waals surface area contributed by atoms with Gasteiger partial charge < -0.3 is 9.26 Å². The molecule has 0 aliphatic carbocycles. The monoisotopic (exact) mass is 340 g/mol. The van der Waals surface area contributed by atoms with Crippen LogP contribution in [0.1, 0.15) is 23.7 Å². The van der Waals surface area contributed by atoms with Crippen molar-refractivity contribution >= 4 is 11.8 Å². The van der Waals surface area contributed by atoms with Crippen LogP contribution in [0.25, 0.3) is 11.3 Å². The summed E-state index contributed by atoms with van der Waals surface area (Å²) in [5.41, 5.74) is 1.69. The van der Waals surface area contributed by atoms with Crippen LogP contribution in [-0.4, -0.2) is 17.7 Å². The molecule has 0 radical (unpaired) electrons. The minimum atomic E-state index is -0.327. The van der Waals surface area contributed by atoms with Gasteiger partial charge in [-0.2, -0.15) is 0 Å². The molecule has 0 fully saturated rings. The number of halogens is 1. The Morgan fingerprint density at radius 2 is 1.88 bits per heavy atom. The molecule has 3 rings (SSSR count). The van der Waals surface area contributed by atoms with E-state index in [0.717, 1.165) is 12.2 Å². The zero-order valence-corrected chi connectivity index (χ0v) is 13.7. The average Bonchev–Trinajstić information content (AvgIpc) is 3.09. The summed E-state index contributed by atoms with van der Waals surface area (Å²) in [6.07, 6.45) is 0.921. The number of benzene rings is 2. The van der Waals surface area contributed by atoms with E-state index in [4.69, 9.17) is 9.26 Å². The standard InChI is InChI=1S/C19H17FN2O3/c1-2-11-24-16-9-5-14(6-10-16)19(23)21-18-12-17(22-25-18)13-3-7-15(20)8-4-13/h3-10,12H,2,11H2,1H3,(H,21,23). The van der Waals surface area contributed by atoms with Gasteiger partial charge in [0.05, 0.1) is 6.61 Å². The zero-order valence-electron chi connectivity index (χ0n) is 13.7. The molecule has 0 saturated carbocycles. The van der Waals surface area contributed by atoms with E-state index in [1.54, 1.807) is 42.5 Å². The third-order valence-corrected chi connectivity index (χ3v) is 3.48. The first-order valence-corrected chi connectivity index (χ1v) is 7.92. The maximum atomic E-state index is 13.0. The fourth-order valence-corrected chi connectivity index (χ4v) is 2.20. The summed E-state index contributed by atoms with van der Waals surface area (Å²) in [7, 11) is 0. The lowest BCUT2D eigenvalue weighted by atomic mass is 10.1. The Balaban J connectivity index is 1.66. The molecule has 1 amide bonds. The molecule has 5 nitrogen and oxygen atoms in total. The van der Waals surface area contributed by atoms with E-state index < -0.39 is 0 Å². The Morgan fingerprint density at radius 3 is 2.56 bits per heavy atom. The highest BCUT2D eigenvalue weighted by atomic mass is 19.1. The summed E-state index contributed by atoms with van der Waals surface area (Å²) in [6, 6.07) is 14.3. The molecule has 0 spiro atoms. The number of nitrogens with zero attached hydrogens (tertiary/aromatic N) is 1. The van der Waals surface area contributed by atoms with E-state index in [-0.39, 0.29) is 17.6 Å². The van der Waals surface area contributed by atoms with Gasteiger partial charge in [-0.25, -0.2) is 4.39 Å². The first-order valence-electron chi connectivity index (χ1n) is 7.92. The number of anilines is 1. The van der Waals surface area contributed by atoms with Crippen molar-refractivity contribution in [2.24, 2.45) is 0 Å². The molecule has 2 aromatic carbocycles. The molecular formula is C19H17FN2O3. The molecule has 1 aromatic heterocycles. The Labute approximate surface area is 144 Å². The number of hydrogen-bond acceptors (Lipinski definition) is 4. The molecule has 0 saturated heterocycles. The second kappa shape index (κ2) is 7.61. The predicted octanol–water partition coefficient (Wildman–Crippen LogP) is 4.52. The minimum absolute atomic E-state index is 0.218. The predicted molar refractivity (Wildman–Crippen MR) is 92.1 cm³/mol. The van der Waals surface area contributed by atoms with Crippen molar-refractivity contribution < 1.29 is 18.4 Å². The smallest absolute Gasteiger partial charge is 0.258 e. The fraction of sp³-hybridized carbons (Fsp3) is 0.158. The minimum Gasteiger partial charge on any atom is -0.494 e. The van der Waals surface area contributed by atoms with Gasteiger partial charge in [-0.1, -0.05) is 12.1 Å². The van der Waals surface area contributed by atoms with Crippen LogP contribution >= 0.6 is 0 Å². The Bertz CT molecular complexity index is 842. The quantitative estimate of drug-likeness (QED) is 0.716. The second-order valence-electron chi connectivity index (χ2n) is 5.41. The number of rotatable bonds is 6. The number of carbonyl (C=O) groups excluding carboxylic acids is 1. The molecule has 0 unspecified atom stereocenters. The molecule has 25 heavy (non-hydrogen) atoms. The van der Waals surface area contributed by atoms with E-state index in [2.05, 4.69) is 10.5 Å². The van der Waals surface area contributed by atoms with Crippen molar-refractivity contribution in [1.29, 1.82) is 0 Å². The molecule has 6 heteroatoms. The molecule has 128 valence electrons. The summed E-state index contributed by atoms with van der Waals surface area (Å²) in [5, 5.41) is 6.52. The molecule has 3 aromatic rings. The van der Waals surface area contributed by atoms with Crippen molar-refractivity contribution in [3.8, 4) is 17.0 Å². The van der Waals surface area contributed by atoms with Crippen LogP contribution in [0, 0.1) is 5.82 Å². The zero-order chi connectivity index (χ0) is 17.6. The lowest BCUT2D eigenvalue weighted by molar-refractivity contribution is 0.102. The van der Waals surface area contributed by atoms with Crippen LogP contribution in [0.4, 0.5) is 10.3 Å². The summed E-state index contributed by atoms with van der Waals surface area (Å²) in [5.74, 6) is 0.295. The van der Waals surface area contributed by atoms with Gasteiger partial charge in [0, 0.05) is 17.2 Å². The van der Waals surface area contributed by atoms with E-state index >= 15 is 0 Å². The van der Waals surface area contributed by atoms with Crippen LogP contribution in [0.3, 0.4) is 0 Å². The van der Waals surface area contributed by atoms with E-state index in [0.29, 0.717) is 23.4 Å². The molecule has 0 aliphatic rings. The van der Waals surface area contributed by atoms with Crippen LogP contribution in [0.2, 0.25) is 0 Å². The van der Waals surface area contributed by atoms with Gasteiger partial charge in [-0.15, -0.1) is 0 Å². The largest absolute Gasteiger partial charge is 0.494 e. The van der Waals surface area contributed by atoms with Crippen LogP contribution < -0.4 is 10.1 Å². The van der Waals surface area contributed by atoms with Crippen LogP contribution in [0.15, 0.2) is 59.1 Å². The Hall–Kier alpha value is -3.15. The topological polar surface area (TPSA) is 64.4 Å². The SMILES string of the molecule is CCCOc1ccc(C(=O)Nc2cc(-c3ccc(F)cc3)no2)cc1. The van der Waals surface area contributed by atoms with Crippen molar-refractivity contribution in [2.75, 3.05) is 11.9 Å². The first-order chi connectivity index (χ1) is 12.2. The van der Waals surface area contributed by atoms with Crippen molar-refractivity contribution in [3.63, 3.8) is 0 Å². The number of aromatic nitrogens is 1. The number of nitrogens with one attached hydrogen (secondary N) is 1. The Kier molecular flexibility index (Phi) is 5.09. The maximum Gasteiger partial charge on any atom is 0.258 e. The molecule has 0 aliphatic heterocycles. The van der Waals surface area contributed by atoms with Gasteiger partial charge in [-0.3, -0.25) is 10.1 Å². The van der Waals surface area contributed by atoms with Crippen molar-refractivity contribution in [2.45, 2.75) is 13.3 Å². The lowest BCUT2D eigenvalue weighted by Gasteiger charge is -2.05. The molecular weight excluding hydrogens is 323 g/mol. The Morgan fingerprint density at radius 1 is 1.16 bits per heavy atom. The molecule has 1 N–H and O–H groups in total. The van der Waals surface area contributed by atoms with E-state index in [1.807, 2.05) is 6.92 Å². The number of hydrogen-bond donors (Lipinski definition) is 1. The van der Waals surface area contributed by atoms with Crippen molar-refractivity contribution in [3.05, 3.63) is 66.0 Å². The number of ether oxygens (including phenoxy) is 1. The third-order valence-electron chi connectivity index (χ3n) is 3.48. The highest BCUT2D eigenvalue weighted by Crippen LogP contribution is 2.22. The van der Waals surface area contributed by atoms with Crippen LogP contribution in [0.5, 0.6) is 5.75 Å². The average molecular weight is 340 g/mol. The fourth-order valence-electron chi connectivity index (χ4n) is 2.20. The summed E-state index contributed by atoms with van der Waals surface area (Å²) >= 11 is 0. The summed E-state index contributed by atoms with van der Waals surface area (Å²) < 4.78 is 23.6. The van der Waals surface area contributed by atoms with Gasteiger partial charge in [-0.05, 0) is 55.0 Å². The van der Waals surface area contributed by atoms with Gasteiger partial charge >= 0.3 is 0 Å². The van der Waals surface area contributed by atoms with E-state index in [1.165, 1.54) is 12.1 Å². The number of amides is 1. The maximum absolute atomic E-state index is 13.0. The van der Waals surface area contributed by atoms with Gasteiger partial charge in [0.1, 0.15) is 17.3 Å².